The number of aliphatic hydroxyl groups is 1. The van der Waals surface area contributed by atoms with Crippen LogP contribution < -0.4 is 4.72 Å². The van der Waals surface area contributed by atoms with Crippen molar-refractivity contribution in [1.82, 2.24) is 4.72 Å². The second-order valence-electron chi connectivity index (χ2n) is 4.95. The first kappa shape index (κ1) is 18.5. The summed E-state index contributed by atoms with van der Waals surface area (Å²) in [4.78, 5) is 0.219. The largest absolute Gasteiger partial charge is 0.388 e. The van der Waals surface area contributed by atoms with Crippen LogP contribution in [0.1, 0.15) is 44.3 Å². The molecule has 2 N–H and O–H groups in total. The van der Waals surface area contributed by atoms with Gasteiger partial charge in [0.1, 0.15) is 0 Å². The summed E-state index contributed by atoms with van der Waals surface area (Å²) in [5.41, 5.74) is 0.639. The Balaban J connectivity index is 2.58. The van der Waals surface area contributed by atoms with E-state index in [0.29, 0.717) is 18.5 Å². The van der Waals surface area contributed by atoms with Crippen LogP contribution in [0, 0.1) is 0 Å². The van der Waals surface area contributed by atoms with Gasteiger partial charge in [-0.3, -0.25) is 0 Å². The zero-order chi connectivity index (χ0) is 15.7. The van der Waals surface area contributed by atoms with Gasteiger partial charge in [0.05, 0.1) is 11.0 Å². The van der Waals surface area contributed by atoms with Gasteiger partial charge in [-0.1, -0.05) is 25.5 Å². The standard InChI is InChI=1S/C15H25NO3S2/c1-3-15(17)13-8-7-9-14(12-13)21(18,19)16-10-5-4-6-11-20-2/h7-9,12,15-17H,3-6,10-11H2,1-2H3. The SMILES string of the molecule is CCC(O)c1cccc(S(=O)(=O)NCCCCCSC)c1. The van der Waals surface area contributed by atoms with E-state index < -0.39 is 16.1 Å². The fourth-order valence-corrected chi connectivity index (χ4v) is 3.58. The fourth-order valence-electron chi connectivity index (χ4n) is 1.96. The molecule has 21 heavy (non-hydrogen) atoms. The first-order valence-electron chi connectivity index (χ1n) is 7.28. The highest BCUT2D eigenvalue weighted by atomic mass is 32.2. The number of thioether (sulfide) groups is 1. The number of hydrogen-bond donors (Lipinski definition) is 2. The van der Waals surface area contributed by atoms with Crippen molar-refractivity contribution >= 4 is 21.8 Å². The molecule has 1 atom stereocenters. The van der Waals surface area contributed by atoms with Crippen molar-refractivity contribution in [3.8, 4) is 0 Å². The van der Waals surface area contributed by atoms with Crippen LogP contribution in [0.15, 0.2) is 29.2 Å². The molecule has 1 unspecified atom stereocenters. The first-order valence-corrected chi connectivity index (χ1v) is 10.2. The lowest BCUT2D eigenvalue weighted by molar-refractivity contribution is 0.173. The monoisotopic (exact) mass is 331 g/mol. The molecule has 0 aliphatic heterocycles. The van der Waals surface area contributed by atoms with E-state index in [1.165, 1.54) is 0 Å². The molecule has 6 heteroatoms. The Morgan fingerprint density at radius 2 is 2.05 bits per heavy atom. The lowest BCUT2D eigenvalue weighted by Gasteiger charge is -2.11. The number of rotatable bonds is 10. The molecule has 1 rings (SSSR count). The smallest absolute Gasteiger partial charge is 0.240 e. The molecular formula is C15H25NO3S2. The molecular weight excluding hydrogens is 306 g/mol. The van der Waals surface area contributed by atoms with Crippen molar-refractivity contribution in [2.45, 2.75) is 43.6 Å². The third-order valence-electron chi connectivity index (χ3n) is 3.26. The summed E-state index contributed by atoms with van der Waals surface area (Å²) in [7, 11) is -3.48. The second kappa shape index (κ2) is 9.46. The normalized spacial score (nSPS) is 13.3. The van der Waals surface area contributed by atoms with E-state index in [1.807, 2.05) is 6.92 Å². The maximum atomic E-state index is 12.2. The Labute approximate surface area is 132 Å². The summed E-state index contributed by atoms with van der Waals surface area (Å²) < 4.78 is 27.0. The molecule has 0 spiro atoms. The Morgan fingerprint density at radius 1 is 1.29 bits per heavy atom. The summed E-state index contributed by atoms with van der Waals surface area (Å²) >= 11 is 1.81. The molecule has 0 radical (unpaired) electrons. The minimum Gasteiger partial charge on any atom is -0.388 e. The number of unbranched alkanes of at least 4 members (excludes halogenated alkanes) is 2. The van der Waals surface area contributed by atoms with Gasteiger partial charge in [-0.2, -0.15) is 11.8 Å². The van der Waals surface area contributed by atoms with Crippen LogP contribution in [0.4, 0.5) is 0 Å². The fraction of sp³-hybridized carbons (Fsp3) is 0.600. The van der Waals surface area contributed by atoms with Crippen LogP contribution in [0.25, 0.3) is 0 Å². The summed E-state index contributed by atoms with van der Waals surface area (Å²) in [6.45, 7) is 2.32. The molecule has 0 heterocycles. The molecule has 0 aromatic heterocycles. The van der Waals surface area contributed by atoms with Crippen LogP contribution in [0.2, 0.25) is 0 Å². The Kier molecular flexibility index (Phi) is 8.33. The van der Waals surface area contributed by atoms with E-state index in [4.69, 9.17) is 0 Å². The molecule has 1 aromatic carbocycles. The van der Waals surface area contributed by atoms with E-state index in [9.17, 15) is 13.5 Å². The van der Waals surface area contributed by atoms with Gasteiger partial charge >= 0.3 is 0 Å². The highest BCUT2D eigenvalue weighted by Crippen LogP contribution is 2.19. The van der Waals surface area contributed by atoms with Gasteiger partial charge in [-0.15, -0.1) is 0 Å². The molecule has 120 valence electrons. The van der Waals surface area contributed by atoms with Crippen LogP contribution in [-0.4, -0.2) is 32.1 Å². The van der Waals surface area contributed by atoms with Crippen molar-refractivity contribution in [1.29, 1.82) is 0 Å². The molecule has 0 saturated carbocycles. The lowest BCUT2D eigenvalue weighted by Crippen LogP contribution is -2.25. The quantitative estimate of drug-likeness (QED) is 0.647. The van der Waals surface area contributed by atoms with Crippen LogP contribution in [0.5, 0.6) is 0 Å². The predicted molar refractivity (Wildman–Crippen MR) is 89.1 cm³/mol. The van der Waals surface area contributed by atoms with Crippen LogP contribution in [0.3, 0.4) is 0 Å². The third kappa shape index (κ3) is 6.38. The first-order chi connectivity index (χ1) is 10.0. The Hall–Kier alpha value is -0.560. The maximum Gasteiger partial charge on any atom is 0.240 e. The van der Waals surface area contributed by atoms with Crippen LogP contribution in [-0.2, 0) is 10.0 Å². The van der Waals surface area contributed by atoms with E-state index in [1.54, 1.807) is 36.0 Å². The molecule has 0 bridgehead atoms. The highest BCUT2D eigenvalue weighted by molar-refractivity contribution is 7.98. The minimum absolute atomic E-state index is 0.219. The second-order valence-corrected chi connectivity index (χ2v) is 7.70. The van der Waals surface area contributed by atoms with E-state index in [-0.39, 0.29) is 4.90 Å². The molecule has 1 aromatic rings. The van der Waals surface area contributed by atoms with Gasteiger partial charge in [-0.25, -0.2) is 13.1 Å². The van der Waals surface area contributed by atoms with Gasteiger partial charge < -0.3 is 5.11 Å². The summed E-state index contributed by atoms with van der Waals surface area (Å²) in [5, 5.41) is 9.80. The van der Waals surface area contributed by atoms with Gasteiger partial charge in [-0.05, 0) is 49.0 Å². The number of nitrogens with one attached hydrogen (secondary N) is 1. The Bertz CT molecular complexity index is 517. The van der Waals surface area contributed by atoms with Crippen molar-refractivity contribution in [3.63, 3.8) is 0 Å². The zero-order valence-electron chi connectivity index (χ0n) is 12.7. The lowest BCUT2D eigenvalue weighted by atomic mass is 10.1. The highest BCUT2D eigenvalue weighted by Gasteiger charge is 2.15. The van der Waals surface area contributed by atoms with Gasteiger partial charge in [0, 0.05) is 6.54 Å². The van der Waals surface area contributed by atoms with Crippen molar-refractivity contribution < 1.29 is 13.5 Å². The number of aliphatic hydroxyl groups excluding tert-OH is 1. The van der Waals surface area contributed by atoms with E-state index in [0.717, 1.165) is 25.0 Å². The zero-order valence-corrected chi connectivity index (χ0v) is 14.3. The molecule has 0 amide bonds. The predicted octanol–water partition coefficient (Wildman–Crippen LogP) is 2.94. The molecule has 4 nitrogen and oxygen atoms in total. The third-order valence-corrected chi connectivity index (χ3v) is 5.41. The van der Waals surface area contributed by atoms with E-state index >= 15 is 0 Å². The number of hydrogen-bond acceptors (Lipinski definition) is 4. The molecule has 0 aliphatic carbocycles. The van der Waals surface area contributed by atoms with Crippen LogP contribution >= 0.6 is 11.8 Å². The van der Waals surface area contributed by atoms with Gasteiger partial charge in [0.2, 0.25) is 10.0 Å². The van der Waals surface area contributed by atoms with Gasteiger partial charge in [0.15, 0.2) is 0 Å². The molecule has 0 fully saturated rings. The molecule has 0 aliphatic rings. The summed E-state index contributed by atoms with van der Waals surface area (Å²) in [6.07, 6.45) is 5.00. The summed E-state index contributed by atoms with van der Waals surface area (Å²) in [6, 6.07) is 6.52. The average Bonchev–Trinajstić information content (AvgIpc) is 2.50. The number of sulfonamides is 1. The topological polar surface area (TPSA) is 66.4 Å². The summed E-state index contributed by atoms with van der Waals surface area (Å²) in [5.74, 6) is 1.11. The van der Waals surface area contributed by atoms with Crippen molar-refractivity contribution in [3.05, 3.63) is 29.8 Å². The Morgan fingerprint density at radius 3 is 2.71 bits per heavy atom. The minimum atomic E-state index is -3.48. The van der Waals surface area contributed by atoms with Gasteiger partial charge in [0.25, 0.3) is 0 Å². The number of benzene rings is 1. The maximum absolute atomic E-state index is 12.2. The average molecular weight is 332 g/mol. The molecule has 0 saturated heterocycles. The van der Waals surface area contributed by atoms with Crippen molar-refractivity contribution in [2.24, 2.45) is 0 Å². The van der Waals surface area contributed by atoms with Crippen molar-refractivity contribution in [2.75, 3.05) is 18.6 Å². The van der Waals surface area contributed by atoms with E-state index in [2.05, 4.69) is 11.0 Å².